The van der Waals surface area contributed by atoms with E-state index in [9.17, 15) is 18.8 Å². The highest BCUT2D eigenvalue weighted by Crippen LogP contribution is 2.35. The van der Waals surface area contributed by atoms with E-state index in [1.165, 1.54) is 17.0 Å². The summed E-state index contributed by atoms with van der Waals surface area (Å²) in [6.07, 6.45) is 2.23. The van der Waals surface area contributed by atoms with E-state index >= 15 is 0 Å². The molecule has 9 nitrogen and oxygen atoms in total. The Labute approximate surface area is 195 Å². The smallest absolute Gasteiger partial charge is 0.255 e. The van der Waals surface area contributed by atoms with Crippen molar-refractivity contribution in [3.05, 3.63) is 46.0 Å². The van der Waals surface area contributed by atoms with Gasteiger partial charge >= 0.3 is 0 Å². The van der Waals surface area contributed by atoms with Gasteiger partial charge in [-0.25, -0.2) is 4.39 Å². The zero-order valence-corrected chi connectivity index (χ0v) is 18.9. The molecular formula is C22H24ClFN6O3. The van der Waals surface area contributed by atoms with Crippen molar-refractivity contribution in [2.24, 2.45) is 7.05 Å². The molecule has 5 rings (SSSR count). The number of hydrogen-bond acceptors (Lipinski definition) is 6. The lowest BCUT2D eigenvalue weighted by molar-refractivity contribution is -0.136. The summed E-state index contributed by atoms with van der Waals surface area (Å²) in [5.74, 6) is -1.66. The van der Waals surface area contributed by atoms with E-state index in [0.717, 1.165) is 24.3 Å². The predicted molar refractivity (Wildman–Crippen MR) is 118 cm³/mol. The molecule has 3 aliphatic rings. The average Bonchev–Trinajstić information content (AvgIpc) is 3.26. The Balaban J connectivity index is 1.32. The van der Waals surface area contributed by atoms with E-state index in [1.54, 1.807) is 10.9 Å². The number of piperazine rings is 1. The van der Waals surface area contributed by atoms with Crippen LogP contribution in [0.4, 0.5) is 10.1 Å². The number of rotatable bonds is 4. The van der Waals surface area contributed by atoms with E-state index in [1.807, 2.05) is 7.05 Å². The van der Waals surface area contributed by atoms with Crippen molar-refractivity contribution in [1.82, 2.24) is 24.9 Å². The molecule has 1 atom stereocenters. The van der Waals surface area contributed by atoms with Crippen molar-refractivity contribution in [3.8, 4) is 0 Å². The third-order valence-electron chi connectivity index (χ3n) is 6.54. The zero-order chi connectivity index (χ0) is 23.3. The normalized spacial score (nSPS) is 21.5. The zero-order valence-electron chi connectivity index (χ0n) is 18.2. The maximum absolute atomic E-state index is 14.5. The molecule has 0 bridgehead atoms. The van der Waals surface area contributed by atoms with Gasteiger partial charge in [0, 0.05) is 75.7 Å². The number of nitrogens with zero attached hydrogens (tertiary/aromatic N) is 5. The Morgan fingerprint density at radius 3 is 2.61 bits per heavy atom. The second kappa shape index (κ2) is 8.42. The molecule has 4 heterocycles. The molecule has 1 aromatic carbocycles. The summed E-state index contributed by atoms with van der Waals surface area (Å²) in [5, 5.41) is 7.32. The molecule has 33 heavy (non-hydrogen) atoms. The van der Waals surface area contributed by atoms with E-state index in [0.29, 0.717) is 30.3 Å². The van der Waals surface area contributed by atoms with Crippen LogP contribution in [0.5, 0.6) is 0 Å². The summed E-state index contributed by atoms with van der Waals surface area (Å²) < 4.78 is 16.2. The average molecular weight is 475 g/mol. The molecule has 3 aliphatic heterocycles. The first-order chi connectivity index (χ1) is 15.8. The molecule has 2 aromatic rings. The molecule has 2 saturated heterocycles. The van der Waals surface area contributed by atoms with Gasteiger partial charge in [0.25, 0.3) is 5.91 Å². The molecule has 1 aromatic heterocycles. The first-order valence-electron chi connectivity index (χ1n) is 10.9. The minimum atomic E-state index is -0.724. The highest BCUT2D eigenvalue weighted by molar-refractivity contribution is 6.31. The maximum atomic E-state index is 14.5. The number of fused-ring (bicyclic) bond motifs is 1. The molecule has 0 spiro atoms. The van der Waals surface area contributed by atoms with E-state index in [-0.39, 0.29) is 36.8 Å². The van der Waals surface area contributed by atoms with E-state index in [4.69, 9.17) is 11.6 Å². The third kappa shape index (κ3) is 4.08. The van der Waals surface area contributed by atoms with Crippen LogP contribution in [0.1, 0.15) is 34.5 Å². The van der Waals surface area contributed by atoms with Gasteiger partial charge in [0.2, 0.25) is 11.8 Å². The largest absolute Gasteiger partial charge is 0.369 e. The molecule has 1 N–H and O–H groups in total. The van der Waals surface area contributed by atoms with Gasteiger partial charge in [-0.2, -0.15) is 5.10 Å². The minimum Gasteiger partial charge on any atom is -0.369 e. The second-order valence-electron chi connectivity index (χ2n) is 8.71. The minimum absolute atomic E-state index is 0.181. The number of carbonyl (C=O) groups is 3. The number of aryl methyl sites for hydroxylation is 1. The van der Waals surface area contributed by atoms with Crippen molar-refractivity contribution in [3.63, 3.8) is 0 Å². The number of carbonyl (C=O) groups excluding carboxylic acids is 3. The van der Waals surface area contributed by atoms with Gasteiger partial charge in [-0.1, -0.05) is 11.6 Å². The van der Waals surface area contributed by atoms with Crippen LogP contribution >= 0.6 is 11.6 Å². The Hall–Kier alpha value is -2.98. The number of nitrogens with one attached hydrogen (secondary N) is 1. The van der Waals surface area contributed by atoms with Crippen molar-refractivity contribution >= 4 is 35.0 Å². The van der Waals surface area contributed by atoms with E-state index < -0.39 is 17.8 Å². The summed E-state index contributed by atoms with van der Waals surface area (Å²) in [5.41, 5.74) is 2.53. The monoisotopic (exact) mass is 474 g/mol. The molecule has 0 saturated carbocycles. The summed E-state index contributed by atoms with van der Waals surface area (Å²) >= 11 is 6.23. The van der Waals surface area contributed by atoms with Crippen LogP contribution < -0.4 is 10.2 Å². The number of anilines is 1. The maximum Gasteiger partial charge on any atom is 0.255 e. The number of halogens is 2. The number of aromatic nitrogens is 2. The standard InChI is InChI=1S/C22H24ClFN6O3/c1-27-11-16(23)17(26-27)12-28-4-6-29(7-5-28)19-9-13(24)8-14-15(19)10-30(22(14)33)18-2-3-20(31)25-21(18)32/h8-9,11,18H,2-7,10,12H2,1H3,(H,25,31,32). The Kier molecular flexibility index (Phi) is 5.57. The molecule has 1 unspecified atom stereocenters. The highest BCUT2D eigenvalue weighted by Gasteiger charge is 2.41. The summed E-state index contributed by atoms with van der Waals surface area (Å²) in [7, 11) is 1.83. The Bertz CT molecular complexity index is 1140. The second-order valence-corrected chi connectivity index (χ2v) is 9.12. The quantitative estimate of drug-likeness (QED) is 0.672. The van der Waals surface area contributed by atoms with Crippen LogP contribution in [0, 0.1) is 5.82 Å². The number of piperidine rings is 1. The van der Waals surface area contributed by atoms with Gasteiger partial charge in [0.05, 0.1) is 10.7 Å². The van der Waals surface area contributed by atoms with Gasteiger partial charge in [-0.3, -0.25) is 29.3 Å². The van der Waals surface area contributed by atoms with Crippen LogP contribution in [0.2, 0.25) is 5.02 Å². The van der Waals surface area contributed by atoms with Crippen LogP contribution in [0.15, 0.2) is 18.3 Å². The fraction of sp³-hybridized carbons (Fsp3) is 0.455. The lowest BCUT2D eigenvalue weighted by Gasteiger charge is -2.36. The van der Waals surface area contributed by atoms with Crippen molar-refractivity contribution < 1.29 is 18.8 Å². The van der Waals surface area contributed by atoms with Crippen LogP contribution in [-0.2, 0) is 29.7 Å². The van der Waals surface area contributed by atoms with Gasteiger partial charge in [-0.05, 0) is 18.6 Å². The fourth-order valence-electron chi connectivity index (χ4n) is 4.86. The number of hydrogen-bond donors (Lipinski definition) is 1. The summed E-state index contributed by atoms with van der Waals surface area (Å²) in [4.78, 5) is 42.6. The molecular weight excluding hydrogens is 451 g/mol. The first kappa shape index (κ1) is 21.8. The predicted octanol–water partition coefficient (Wildman–Crippen LogP) is 1.30. The topological polar surface area (TPSA) is 90.8 Å². The van der Waals surface area contributed by atoms with Crippen LogP contribution in [-0.4, -0.2) is 69.5 Å². The summed E-state index contributed by atoms with van der Waals surface area (Å²) in [6, 6.07) is 1.98. The Morgan fingerprint density at radius 1 is 1.18 bits per heavy atom. The van der Waals surface area contributed by atoms with Gasteiger partial charge in [0.1, 0.15) is 11.9 Å². The van der Waals surface area contributed by atoms with Gasteiger partial charge < -0.3 is 9.80 Å². The molecule has 2 fully saturated rings. The lowest BCUT2D eigenvalue weighted by Crippen LogP contribution is -2.52. The van der Waals surface area contributed by atoms with E-state index in [2.05, 4.69) is 20.2 Å². The van der Waals surface area contributed by atoms with Crippen molar-refractivity contribution in [2.75, 3.05) is 31.1 Å². The third-order valence-corrected chi connectivity index (χ3v) is 6.85. The van der Waals surface area contributed by atoms with Gasteiger partial charge in [-0.15, -0.1) is 0 Å². The van der Waals surface area contributed by atoms with Gasteiger partial charge in [0.15, 0.2) is 0 Å². The number of amides is 3. The number of imide groups is 1. The van der Waals surface area contributed by atoms with Crippen LogP contribution in [0.3, 0.4) is 0 Å². The molecule has 11 heteroatoms. The summed E-state index contributed by atoms with van der Waals surface area (Å²) in [6.45, 7) is 3.66. The molecule has 0 radical (unpaired) electrons. The van der Waals surface area contributed by atoms with Crippen molar-refractivity contribution in [1.29, 1.82) is 0 Å². The first-order valence-corrected chi connectivity index (χ1v) is 11.3. The Morgan fingerprint density at radius 2 is 1.94 bits per heavy atom. The van der Waals surface area contributed by atoms with Crippen LogP contribution in [0.25, 0.3) is 0 Å². The molecule has 174 valence electrons. The fourth-order valence-corrected chi connectivity index (χ4v) is 5.10. The lowest BCUT2D eigenvalue weighted by atomic mass is 10.0. The molecule has 3 amide bonds. The van der Waals surface area contributed by atoms with Crippen molar-refractivity contribution in [2.45, 2.75) is 32.0 Å². The molecule has 0 aliphatic carbocycles. The highest BCUT2D eigenvalue weighted by atomic mass is 35.5. The number of benzene rings is 1. The SMILES string of the molecule is Cn1cc(Cl)c(CN2CCN(c3cc(F)cc4c3CN(C3CCC(=O)NC3=O)C4=O)CC2)n1.